The Kier molecular flexibility index (Phi) is 4.57. The number of hydrogen-bond acceptors (Lipinski definition) is 3. The number of hydrogen-bond donors (Lipinski definition) is 1. The summed E-state index contributed by atoms with van der Waals surface area (Å²) < 4.78 is 1.84. The van der Waals surface area contributed by atoms with Crippen LogP contribution in [-0.4, -0.2) is 27.0 Å². The van der Waals surface area contributed by atoms with Gasteiger partial charge in [-0.25, -0.2) is 9.97 Å². The molecule has 4 aliphatic carbocycles. The number of benzene rings is 1. The zero-order valence-electron chi connectivity index (χ0n) is 17.6. The molecular weight excluding hydrogens is 408 g/mol. The first-order chi connectivity index (χ1) is 15.1. The average molecular weight is 435 g/mol. The van der Waals surface area contributed by atoms with Crippen molar-refractivity contribution >= 4 is 28.4 Å². The summed E-state index contributed by atoms with van der Waals surface area (Å²) in [6.07, 6.45) is 14.7. The van der Waals surface area contributed by atoms with Gasteiger partial charge in [-0.2, -0.15) is 0 Å². The van der Waals surface area contributed by atoms with E-state index in [2.05, 4.69) is 15.3 Å². The minimum atomic E-state index is -0.0718. The molecule has 31 heavy (non-hydrogen) atoms. The lowest BCUT2D eigenvalue weighted by Gasteiger charge is -2.57. The molecule has 0 aliphatic heterocycles. The van der Waals surface area contributed by atoms with Crippen molar-refractivity contribution in [3.63, 3.8) is 0 Å². The van der Waals surface area contributed by atoms with Gasteiger partial charge in [0.2, 0.25) is 5.95 Å². The molecule has 0 spiro atoms. The Hall–Kier alpha value is -2.40. The van der Waals surface area contributed by atoms with Crippen LogP contribution in [0.25, 0.3) is 16.9 Å². The van der Waals surface area contributed by atoms with Crippen molar-refractivity contribution in [3.05, 3.63) is 53.4 Å². The van der Waals surface area contributed by atoms with Crippen LogP contribution in [0.5, 0.6) is 0 Å². The minimum absolute atomic E-state index is 0.0718. The highest BCUT2D eigenvalue weighted by Gasteiger charge is 2.50. The summed E-state index contributed by atoms with van der Waals surface area (Å²) in [5.41, 5.74) is 1.88. The largest absolute Gasteiger partial charge is 0.352 e. The number of nitrogens with zero attached hydrogens (tertiary/aromatic N) is 3. The SMILES string of the molecule is O=C(NCCC12CC3CC(CC(C3)C1)C2)c1cn(-c2ncccn2)c2cccc(Cl)c12. The monoisotopic (exact) mass is 434 g/mol. The Morgan fingerprint density at radius 2 is 1.74 bits per heavy atom. The maximum atomic E-state index is 13.2. The van der Waals surface area contributed by atoms with Gasteiger partial charge in [-0.05, 0) is 86.3 Å². The first-order valence-electron chi connectivity index (χ1n) is 11.5. The van der Waals surface area contributed by atoms with Crippen LogP contribution in [0.4, 0.5) is 0 Å². The predicted molar refractivity (Wildman–Crippen MR) is 121 cm³/mol. The van der Waals surface area contributed by atoms with Gasteiger partial charge in [-0.3, -0.25) is 9.36 Å². The fraction of sp³-hybridized carbons (Fsp3) is 0.480. The van der Waals surface area contributed by atoms with Gasteiger partial charge < -0.3 is 5.32 Å². The molecule has 0 atom stereocenters. The number of rotatable bonds is 5. The smallest absolute Gasteiger partial charge is 0.253 e. The molecule has 0 saturated heterocycles. The quantitative estimate of drug-likeness (QED) is 0.584. The summed E-state index contributed by atoms with van der Waals surface area (Å²) in [6, 6.07) is 7.44. The minimum Gasteiger partial charge on any atom is -0.352 e. The molecule has 160 valence electrons. The first-order valence-corrected chi connectivity index (χ1v) is 11.8. The molecule has 4 saturated carbocycles. The van der Waals surface area contributed by atoms with E-state index in [4.69, 9.17) is 11.6 Å². The molecule has 6 heteroatoms. The number of amides is 1. The first kappa shape index (κ1) is 19.3. The second kappa shape index (κ2) is 7.33. The molecule has 3 aromatic rings. The van der Waals surface area contributed by atoms with E-state index < -0.39 is 0 Å². The molecule has 1 aromatic carbocycles. The lowest BCUT2D eigenvalue weighted by Crippen LogP contribution is -2.47. The van der Waals surface area contributed by atoms with Crippen LogP contribution in [0.15, 0.2) is 42.9 Å². The van der Waals surface area contributed by atoms with E-state index in [1.54, 1.807) is 18.5 Å². The van der Waals surface area contributed by atoms with Gasteiger partial charge in [0.05, 0.1) is 16.1 Å². The lowest BCUT2D eigenvalue weighted by molar-refractivity contribution is -0.0564. The van der Waals surface area contributed by atoms with E-state index in [0.717, 1.165) is 41.6 Å². The fourth-order valence-electron chi connectivity index (χ4n) is 7.13. The Morgan fingerprint density at radius 3 is 2.42 bits per heavy atom. The van der Waals surface area contributed by atoms with Gasteiger partial charge in [0.1, 0.15) is 0 Å². The number of fused-ring (bicyclic) bond motifs is 1. The van der Waals surface area contributed by atoms with Gasteiger partial charge in [0.15, 0.2) is 0 Å². The summed E-state index contributed by atoms with van der Waals surface area (Å²) >= 11 is 6.52. The van der Waals surface area contributed by atoms with Gasteiger partial charge in [-0.1, -0.05) is 17.7 Å². The third-order valence-electron chi connectivity index (χ3n) is 7.90. The fourth-order valence-corrected chi connectivity index (χ4v) is 7.40. The van der Waals surface area contributed by atoms with Crippen LogP contribution in [-0.2, 0) is 0 Å². The summed E-state index contributed by atoms with van der Waals surface area (Å²) in [7, 11) is 0. The zero-order valence-corrected chi connectivity index (χ0v) is 18.3. The average Bonchev–Trinajstić information content (AvgIpc) is 3.14. The molecule has 5 nitrogen and oxygen atoms in total. The Bertz CT molecular complexity index is 1100. The van der Waals surface area contributed by atoms with E-state index >= 15 is 0 Å². The summed E-state index contributed by atoms with van der Waals surface area (Å²) in [4.78, 5) is 21.9. The maximum Gasteiger partial charge on any atom is 0.253 e. The lowest BCUT2D eigenvalue weighted by atomic mass is 9.49. The number of aromatic nitrogens is 3. The van der Waals surface area contributed by atoms with E-state index in [-0.39, 0.29) is 5.91 Å². The van der Waals surface area contributed by atoms with Crippen molar-refractivity contribution in [2.45, 2.75) is 44.9 Å². The van der Waals surface area contributed by atoms with Crippen molar-refractivity contribution in [1.82, 2.24) is 19.9 Å². The summed E-state index contributed by atoms with van der Waals surface area (Å²) in [5.74, 6) is 3.26. The van der Waals surface area contributed by atoms with Crippen molar-refractivity contribution in [3.8, 4) is 5.95 Å². The second-order valence-corrected chi connectivity index (χ2v) is 10.4. The maximum absolute atomic E-state index is 13.2. The van der Waals surface area contributed by atoms with Crippen molar-refractivity contribution in [2.75, 3.05) is 6.54 Å². The molecular formula is C25H27ClN4O. The number of carbonyl (C=O) groups excluding carboxylic acids is 1. The normalized spacial score (nSPS) is 28.9. The second-order valence-electron chi connectivity index (χ2n) is 10.0. The molecule has 0 unspecified atom stereocenters. The van der Waals surface area contributed by atoms with Crippen molar-refractivity contribution in [2.24, 2.45) is 23.2 Å². The van der Waals surface area contributed by atoms with Crippen LogP contribution in [0, 0.1) is 23.2 Å². The topological polar surface area (TPSA) is 59.8 Å². The van der Waals surface area contributed by atoms with Crippen molar-refractivity contribution < 1.29 is 4.79 Å². The molecule has 0 radical (unpaired) electrons. The van der Waals surface area contributed by atoms with Gasteiger partial charge >= 0.3 is 0 Å². The highest BCUT2D eigenvalue weighted by Crippen LogP contribution is 2.61. The van der Waals surface area contributed by atoms with Crippen LogP contribution >= 0.6 is 11.6 Å². The van der Waals surface area contributed by atoms with Gasteiger partial charge in [-0.15, -0.1) is 0 Å². The Balaban J connectivity index is 1.23. The third kappa shape index (κ3) is 3.34. The molecule has 1 N–H and O–H groups in total. The van der Waals surface area contributed by atoms with E-state index in [0.29, 0.717) is 21.9 Å². The Morgan fingerprint density at radius 1 is 1.06 bits per heavy atom. The molecule has 2 heterocycles. The van der Waals surface area contributed by atoms with E-state index in [9.17, 15) is 4.79 Å². The van der Waals surface area contributed by atoms with Crippen LogP contribution in [0.2, 0.25) is 5.02 Å². The summed E-state index contributed by atoms with van der Waals surface area (Å²) in [6.45, 7) is 0.726. The van der Waals surface area contributed by atoms with Gasteiger partial charge in [0.25, 0.3) is 5.91 Å². The summed E-state index contributed by atoms with van der Waals surface area (Å²) in [5, 5.41) is 4.53. The number of halogens is 1. The van der Waals surface area contributed by atoms with Crippen LogP contribution in [0.3, 0.4) is 0 Å². The van der Waals surface area contributed by atoms with Crippen molar-refractivity contribution in [1.29, 1.82) is 0 Å². The standard InChI is InChI=1S/C25H27ClN4O/c26-20-3-1-4-21-22(20)19(15-30(21)24-28-6-2-7-29-24)23(31)27-8-5-25-12-16-9-17(13-25)11-18(10-16)14-25/h1-4,6-7,15-18H,5,8-14H2,(H,27,31). The van der Waals surface area contributed by atoms with Crippen LogP contribution in [0.1, 0.15) is 55.3 Å². The molecule has 1 amide bonds. The molecule has 4 bridgehead atoms. The van der Waals surface area contributed by atoms with Crippen LogP contribution < -0.4 is 5.32 Å². The highest BCUT2D eigenvalue weighted by atomic mass is 35.5. The third-order valence-corrected chi connectivity index (χ3v) is 8.21. The molecule has 7 rings (SSSR count). The highest BCUT2D eigenvalue weighted by molar-refractivity contribution is 6.37. The predicted octanol–water partition coefficient (Wildman–Crippen LogP) is 5.41. The molecule has 2 aromatic heterocycles. The van der Waals surface area contributed by atoms with E-state index in [1.807, 2.05) is 29.0 Å². The Labute approximate surface area is 187 Å². The number of carbonyl (C=O) groups is 1. The molecule has 4 aliphatic rings. The van der Waals surface area contributed by atoms with Gasteiger partial charge in [0, 0.05) is 30.5 Å². The zero-order chi connectivity index (χ0) is 21.0. The number of nitrogens with one attached hydrogen (secondary N) is 1. The molecule has 4 fully saturated rings. The van der Waals surface area contributed by atoms with E-state index in [1.165, 1.54) is 38.5 Å².